The second kappa shape index (κ2) is 3.27. The average Bonchev–Trinajstić information content (AvgIpc) is 2.01. The molecule has 0 fully saturated rings. The van der Waals surface area contributed by atoms with Gasteiger partial charge in [-0.15, -0.1) is 0 Å². The molecule has 0 saturated heterocycles. The predicted octanol–water partition coefficient (Wildman–Crippen LogP) is 1.95. The zero-order chi connectivity index (χ0) is 9.14. The molecule has 2 N–H and O–H groups in total. The quantitative estimate of drug-likeness (QED) is 0.638. The fourth-order valence-electron chi connectivity index (χ4n) is 1.14. The highest BCUT2D eigenvalue weighted by Gasteiger charge is 2.00. The van der Waals surface area contributed by atoms with Gasteiger partial charge in [0.15, 0.2) is 0 Å². The summed E-state index contributed by atoms with van der Waals surface area (Å²) >= 11 is 0. The van der Waals surface area contributed by atoms with Crippen LogP contribution in [0.4, 0.5) is 5.69 Å². The smallest absolute Gasteiger partial charge is 0.0670 e. The molecule has 0 aliphatic rings. The van der Waals surface area contributed by atoms with Crippen LogP contribution in [-0.4, -0.2) is 0 Å². The first kappa shape index (κ1) is 8.61. The SMILES string of the molecule is Cc1cc(N)c(CC#N)cc1C. The highest BCUT2D eigenvalue weighted by atomic mass is 14.6. The highest BCUT2D eigenvalue weighted by molar-refractivity contribution is 5.52. The molecule has 0 aromatic heterocycles. The molecule has 1 aromatic carbocycles. The Morgan fingerprint density at radius 1 is 1.33 bits per heavy atom. The highest BCUT2D eigenvalue weighted by Crippen LogP contribution is 2.17. The Balaban J connectivity index is 3.16. The fraction of sp³-hybridized carbons (Fsp3) is 0.300. The number of anilines is 1. The molecule has 0 heterocycles. The maximum absolute atomic E-state index is 8.50. The Morgan fingerprint density at radius 3 is 2.50 bits per heavy atom. The van der Waals surface area contributed by atoms with Crippen molar-refractivity contribution in [3.05, 3.63) is 28.8 Å². The number of rotatable bonds is 1. The minimum absolute atomic E-state index is 0.396. The van der Waals surface area contributed by atoms with E-state index in [1.807, 2.05) is 26.0 Å². The standard InChI is InChI=1S/C10H12N2/c1-7-5-9(3-4-11)10(12)6-8(7)2/h5-6H,3,12H2,1-2H3. The third-order valence-corrected chi connectivity index (χ3v) is 2.03. The van der Waals surface area contributed by atoms with E-state index in [-0.39, 0.29) is 0 Å². The molecule has 12 heavy (non-hydrogen) atoms. The lowest BCUT2D eigenvalue weighted by Crippen LogP contribution is -1.95. The summed E-state index contributed by atoms with van der Waals surface area (Å²) in [7, 11) is 0. The van der Waals surface area contributed by atoms with Crippen molar-refractivity contribution in [1.82, 2.24) is 0 Å². The number of nitrogens with two attached hydrogens (primary N) is 1. The number of hydrogen-bond acceptors (Lipinski definition) is 2. The average molecular weight is 160 g/mol. The predicted molar refractivity (Wildman–Crippen MR) is 49.6 cm³/mol. The molecule has 0 spiro atoms. The summed E-state index contributed by atoms with van der Waals surface area (Å²) in [5.74, 6) is 0. The molecular weight excluding hydrogens is 148 g/mol. The van der Waals surface area contributed by atoms with Crippen LogP contribution >= 0.6 is 0 Å². The van der Waals surface area contributed by atoms with Crippen molar-refractivity contribution in [2.45, 2.75) is 20.3 Å². The van der Waals surface area contributed by atoms with Crippen molar-refractivity contribution in [2.24, 2.45) is 0 Å². The lowest BCUT2D eigenvalue weighted by molar-refractivity contribution is 1.22. The number of nitriles is 1. The lowest BCUT2D eigenvalue weighted by atomic mass is 10.0. The van der Waals surface area contributed by atoms with Gasteiger partial charge in [0.05, 0.1) is 12.5 Å². The molecule has 2 heteroatoms. The number of hydrogen-bond donors (Lipinski definition) is 1. The summed E-state index contributed by atoms with van der Waals surface area (Å²) in [6.07, 6.45) is 0.396. The Kier molecular flexibility index (Phi) is 2.35. The van der Waals surface area contributed by atoms with Crippen molar-refractivity contribution in [1.29, 1.82) is 5.26 Å². The molecule has 1 rings (SSSR count). The van der Waals surface area contributed by atoms with Gasteiger partial charge in [-0.1, -0.05) is 6.07 Å². The third kappa shape index (κ3) is 1.57. The first-order valence-electron chi connectivity index (χ1n) is 3.87. The molecule has 2 nitrogen and oxygen atoms in total. The van der Waals surface area contributed by atoms with Crippen LogP contribution in [0.2, 0.25) is 0 Å². The van der Waals surface area contributed by atoms with E-state index in [0.29, 0.717) is 6.42 Å². The Labute approximate surface area is 72.6 Å². The van der Waals surface area contributed by atoms with Crippen molar-refractivity contribution >= 4 is 5.69 Å². The van der Waals surface area contributed by atoms with E-state index in [0.717, 1.165) is 11.3 Å². The van der Waals surface area contributed by atoms with E-state index < -0.39 is 0 Å². The van der Waals surface area contributed by atoms with Gasteiger partial charge in [-0.05, 0) is 36.6 Å². The molecule has 0 bridgehead atoms. The third-order valence-electron chi connectivity index (χ3n) is 2.03. The molecule has 0 unspecified atom stereocenters. The van der Waals surface area contributed by atoms with Crippen molar-refractivity contribution in [3.8, 4) is 6.07 Å². The van der Waals surface area contributed by atoms with E-state index >= 15 is 0 Å². The zero-order valence-corrected chi connectivity index (χ0v) is 7.39. The summed E-state index contributed by atoms with van der Waals surface area (Å²) < 4.78 is 0. The summed E-state index contributed by atoms with van der Waals surface area (Å²) in [6, 6.07) is 5.99. The Hall–Kier alpha value is -1.49. The van der Waals surface area contributed by atoms with Crippen molar-refractivity contribution < 1.29 is 0 Å². The largest absolute Gasteiger partial charge is 0.398 e. The van der Waals surface area contributed by atoms with Gasteiger partial charge in [-0.25, -0.2) is 0 Å². The van der Waals surface area contributed by atoms with Crippen LogP contribution in [0, 0.1) is 25.2 Å². The van der Waals surface area contributed by atoms with Crippen LogP contribution in [0.5, 0.6) is 0 Å². The second-order valence-corrected chi connectivity index (χ2v) is 2.97. The van der Waals surface area contributed by atoms with Crippen LogP contribution in [0.3, 0.4) is 0 Å². The molecular formula is C10H12N2. The van der Waals surface area contributed by atoms with Gasteiger partial charge < -0.3 is 5.73 Å². The monoisotopic (exact) mass is 160 g/mol. The van der Waals surface area contributed by atoms with Gasteiger partial charge in [0.25, 0.3) is 0 Å². The molecule has 0 atom stereocenters. The Bertz CT molecular complexity index is 334. The number of benzene rings is 1. The van der Waals surface area contributed by atoms with Gasteiger partial charge in [-0.2, -0.15) is 5.26 Å². The fourth-order valence-corrected chi connectivity index (χ4v) is 1.14. The van der Waals surface area contributed by atoms with E-state index in [1.165, 1.54) is 11.1 Å². The van der Waals surface area contributed by atoms with Crippen LogP contribution in [0.25, 0.3) is 0 Å². The van der Waals surface area contributed by atoms with Crippen LogP contribution in [0.1, 0.15) is 16.7 Å². The number of aryl methyl sites for hydroxylation is 2. The number of nitrogens with zero attached hydrogens (tertiary/aromatic N) is 1. The van der Waals surface area contributed by atoms with Gasteiger partial charge in [0, 0.05) is 5.69 Å². The van der Waals surface area contributed by atoms with E-state index in [4.69, 9.17) is 11.0 Å². The second-order valence-electron chi connectivity index (χ2n) is 2.97. The maximum atomic E-state index is 8.50. The van der Waals surface area contributed by atoms with Crippen LogP contribution in [-0.2, 0) is 6.42 Å². The van der Waals surface area contributed by atoms with E-state index in [1.54, 1.807) is 0 Å². The van der Waals surface area contributed by atoms with E-state index in [9.17, 15) is 0 Å². The molecule has 0 aliphatic heterocycles. The lowest BCUT2D eigenvalue weighted by Gasteiger charge is -2.05. The topological polar surface area (TPSA) is 49.8 Å². The summed E-state index contributed by atoms with van der Waals surface area (Å²) in [6.45, 7) is 4.04. The maximum Gasteiger partial charge on any atom is 0.0670 e. The first-order valence-corrected chi connectivity index (χ1v) is 3.87. The molecule has 62 valence electrons. The van der Waals surface area contributed by atoms with E-state index in [2.05, 4.69) is 6.07 Å². The normalized spacial score (nSPS) is 9.42. The van der Waals surface area contributed by atoms with Gasteiger partial charge in [0.1, 0.15) is 0 Å². The molecule has 1 aromatic rings. The zero-order valence-electron chi connectivity index (χ0n) is 7.39. The number of nitrogen functional groups attached to an aromatic ring is 1. The molecule has 0 amide bonds. The van der Waals surface area contributed by atoms with Crippen LogP contribution < -0.4 is 5.73 Å². The van der Waals surface area contributed by atoms with Gasteiger partial charge >= 0.3 is 0 Å². The minimum Gasteiger partial charge on any atom is -0.398 e. The van der Waals surface area contributed by atoms with Crippen molar-refractivity contribution in [2.75, 3.05) is 5.73 Å². The van der Waals surface area contributed by atoms with Crippen LogP contribution in [0.15, 0.2) is 12.1 Å². The molecule has 0 radical (unpaired) electrons. The minimum atomic E-state index is 0.396. The van der Waals surface area contributed by atoms with Gasteiger partial charge in [-0.3, -0.25) is 0 Å². The molecule has 0 aliphatic carbocycles. The molecule has 0 saturated carbocycles. The summed E-state index contributed by atoms with van der Waals surface area (Å²) in [5.41, 5.74) is 9.74. The van der Waals surface area contributed by atoms with Crippen molar-refractivity contribution in [3.63, 3.8) is 0 Å². The summed E-state index contributed by atoms with van der Waals surface area (Å²) in [5, 5.41) is 8.50. The Morgan fingerprint density at radius 2 is 1.92 bits per heavy atom. The van der Waals surface area contributed by atoms with Gasteiger partial charge in [0.2, 0.25) is 0 Å². The summed E-state index contributed by atoms with van der Waals surface area (Å²) in [4.78, 5) is 0. The first-order chi connectivity index (χ1) is 5.65.